The van der Waals surface area contributed by atoms with Crippen molar-refractivity contribution in [2.24, 2.45) is 0 Å². The summed E-state index contributed by atoms with van der Waals surface area (Å²) < 4.78 is 76.9. The zero-order chi connectivity index (χ0) is 20.7. The number of halogens is 6. The van der Waals surface area contributed by atoms with Crippen LogP contribution in [0.5, 0.6) is 0 Å². The highest BCUT2D eigenvalue weighted by molar-refractivity contribution is 5.94. The number of aromatic nitrogens is 1. The van der Waals surface area contributed by atoms with Gasteiger partial charge in [0.25, 0.3) is 5.91 Å². The third-order valence-electron chi connectivity index (χ3n) is 4.59. The number of carbonyl (C=O) groups is 1. The van der Waals surface area contributed by atoms with Gasteiger partial charge in [-0.15, -0.1) is 0 Å². The molecule has 1 saturated carbocycles. The van der Waals surface area contributed by atoms with E-state index in [9.17, 15) is 31.1 Å². The van der Waals surface area contributed by atoms with Crippen molar-refractivity contribution in [3.05, 3.63) is 65.0 Å². The highest BCUT2D eigenvalue weighted by Gasteiger charge is 2.38. The monoisotopic (exact) mass is 402 g/mol. The zero-order valence-corrected chi connectivity index (χ0v) is 14.7. The van der Waals surface area contributed by atoms with Crippen LogP contribution in [-0.4, -0.2) is 21.8 Å². The van der Waals surface area contributed by atoms with Gasteiger partial charge in [-0.25, -0.2) is 0 Å². The van der Waals surface area contributed by atoms with E-state index in [4.69, 9.17) is 0 Å². The molecule has 150 valence electrons. The Labute approximate surface area is 157 Å². The maximum atomic E-state index is 13.0. The molecule has 0 aliphatic heterocycles. The average molecular weight is 402 g/mol. The largest absolute Gasteiger partial charge is 0.433 e. The summed E-state index contributed by atoms with van der Waals surface area (Å²) in [6.45, 7) is 1.60. The molecule has 1 unspecified atom stereocenters. The Morgan fingerprint density at radius 2 is 1.75 bits per heavy atom. The van der Waals surface area contributed by atoms with Crippen LogP contribution in [0.15, 0.2) is 42.6 Å². The van der Waals surface area contributed by atoms with Crippen LogP contribution >= 0.6 is 0 Å². The summed E-state index contributed by atoms with van der Waals surface area (Å²) in [5.41, 5.74) is -1.68. The van der Waals surface area contributed by atoms with Crippen LogP contribution < -0.4 is 0 Å². The molecule has 9 heteroatoms. The van der Waals surface area contributed by atoms with E-state index in [0.717, 1.165) is 24.4 Å². The third-order valence-corrected chi connectivity index (χ3v) is 4.59. The van der Waals surface area contributed by atoms with Crippen LogP contribution in [0.1, 0.15) is 53.0 Å². The second-order valence-electron chi connectivity index (χ2n) is 6.67. The molecular formula is C19H16F6N2O. The molecule has 0 saturated heterocycles. The van der Waals surface area contributed by atoms with Crippen LogP contribution in [0, 0.1) is 0 Å². The number of pyridine rings is 1. The van der Waals surface area contributed by atoms with E-state index in [-0.39, 0.29) is 11.6 Å². The van der Waals surface area contributed by atoms with Gasteiger partial charge in [0, 0.05) is 12.2 Å². The summed E-state index contributed by atoms with van der Waals surface area (Å²) in [7, 11) is 0. The molecule has 0 N–H and O–H groups in total. The molecule has 0 spiro atoms. The van der Waals surface area contributed by atoms with E-state index in [0.29, 0.717) is 24.5 Å². The summed E-state index contributed by atoms with van der Waals surface area (Å²) in [5.74, 6) is -0.561. The lowest BCUT2D eigenvalue weighted by atomic mass is 10.0. The molecule has 3 nitrogen and oxygen atoms in total. The predicted octanol–water partition coefficient (Wildman–Crippen LogP) is 5.49. The maximum absolute atomic E-state index is 13.0. The van der Waals surface area contributed by atoms with E-state index >= 15 is 0 Å². The van der Waals surface area contributed by atoms with Gasteiger partial charge in [-0.1, -0.05) is 12.1 Å². The van der Waals surface area contributed by atoms with Crippen molar-refractivity contribution in [1.29, 1.82) is 0 Å². The Hall–Kier alpha value is -2.58. The van der Waals surface area contributed by atoms with Crippen molar-refractivity contribution in [3.63, 3.8) is 0 Å². The molecule has 1 aromatic heterocycles. The summed E-state index contributed by atoms with van der Waals surface area (Å²) in [6.07, 6.45) is -6.92. The van der Waals surface area contributed by atoms with Gasteiger partial charge in [0.15, 0.2) is 0 Å². The standard InChI is InChI=1S/C19H16F6N2O/c1-11(12-3-2-4-14(9-12)18(20,21)22)27(15-6-7-15)17(28)13-5-8-16(26-10-13)19(23,24)25/h2-5,8-11,15H,6-7H2,1H3. The van der Waals surface area contributed by atoms with E-state index in [2.05, 4.69) is 4.98 Å². The number of hydrogen-bond acceptors (Lipinski definition) is 2. The van der Waals surface area contributed by atoms with Crippen molar-refractivity contribution in [2.45, 2.75) is 44.2 Å². The first-order chi connectivity index (χ1) is 13.0. The van der Waals surface area contributed by atoms with Crippen LogP contribution in [0.4, 0.5) is 26.3 Å². The van der Waals surface area contributed by atoms with Crippen molar-refractivity contribution in [1.82, 2.24) is 9.88 Å². The maximum Gasteiger partial charge on any atom is 0.433 e. The molecule has 28 heavy (non-hydrogen) atoms. The Balaban J connectivity index is 1.88. The normalized spacial score (nSPS) is 16.0. The number of alkyl halides is 6. The zero-order valence-electron chi connectivity index (χ0n) is 14.7. The smallest absolute Gasteiger partial charge is 0.329 e. The van der Waals surface area contributed by atoms with Gasteiger partial charge in [0.1, 0.15) is 5.69 Å². The molecule has 1 aliphatic carbocycles. The van der Waals surface area contributed by atoms with Crippen LogP contribution in [0.3, 0.4) is 0 Å². The minimum atomic E-state index is -4.62. The minimum Gasteiger partial charge on any atom is -0.329 e. The molecule has 0 bridgehead atoms. The van der Waals surface area contributed by atoms with Gasteiger partial charge in [-0.05, 0) is 49.6 Å². The number of rotatable bonds is 4. The van der Waals surface area contributed by atoms with Crippen molar-refractivity contribution < 1.29 is 31.1 Å². The van der Waals surface area contributed by atoms with Gasteiger partial charge in [0.05, 0.1) is 17.2 Å². The molecule has 1 aromatic carbocycles. The van der Waals surface area contributed by atoms with Crippen LogP contribution in [0.25, 0.3) is 0 Å². The third kappa shape index (κ3) is 4.28. The van der Waals surface area contributed by atoms with Crippen LogP contribution in [0.2, 0.25) is 0 Å². The fourth-order valence-electron chi connectivity index (χ4n) is 2.98. The fourth-order valence-corrected chi connectivity index (χ4v) is 2.98. The van der Waals surface area contributed by atoms with E-state index in [1.54, 1.807) is 6.92 Å². The summed E-state index contributed by atoms with van der Waals surface area (Å²) >= 11 is 0. The molecule has 3 rings (SSSR count). The molecular weight excluding hydrogens is 386 g/mol. The number of amides is 1. The van der Waals surface area contributed by atoms with Crippen LogP contribution in [-0.2, 0) is 12.4 Å². The van der Waals surface area contributed by atoms with E-state index in [1.165, 1.54) is 17.0 Å². The quantitative estimate of drug-likeness (QED) is 0.634. The number of carbonyl (C=O) groups excluding carboxylic acids is 1. The van der Waals surface area contributed by atoms with E-state index < -0.39 is 35.6 Å². The van der Waals surface area contributed by atoms with Gasteiger partial charge >= 0.3 is 12.4 Å². The highest BCUT2D eigenvalue weighted by Crippen LogP contribution is 2.37. The van der Waals surface area contributed by atoms with Crippen molar-refractivity contribution in [2.75, 3.05) is 0 Å². The molecule has 0 radical (unpaired) electrons. The predicted molar refractivity (Wildman–Crippen MR) is 88.3 cm³/mol. The Morgan fingerprint density at radius 3 is 2.25 bits per heavy atom. The van der Waals surface area contributed by atoms with E-state index in [1.807, 2.05) is 0 Å². The topological polar surface area (TPSA) is 33.2 Å². The number of benzene rings is 1. The van der Waals surface area contributed by atoms with Crippen molar-refractivity contribution in [3.8, 4) is 0 Å². The highest BCUT2D eigenvalue weighted by atomic mass is 19.4. The first-order valence-electron chi connectivity index (χ1n) is 8.51. The SMILES string of the molecule is CC(c1cccc(C(F)(F)F)c1)N(C(=O)c1ccc(C(F)(F)F)nc1)C1CC1. The molecule has 1 atom stereocenters. The lowest BCUT2D eigenvalue weighted by Gasteiger charge is -2.30. The Morgan fingerprint density at radius 1 is 1.07 bits per heavy atom. The van der Waals surface area contributed by atoms with Gasteiger partial charge in [0.2, 0.25) is 0 Å². The number of nitrogens with zero attached hydrogens (tertiary/aromatic N) is 2. The Kier molecular flexibility index (Phi) is 5.12. The number of hydrogen-bond donors (Lipinski definition) is 0. The summed E-state index contributed by atoms with van der Waals surface area (Å²) in [5, 5.41) is 0. The first-order valence-corrected chi connectivity index (χ1v) is 8.51. The van der Waals surface area contributed by atoms with Gasteiger partial charge in [-0.2, -0.15) is 26.3 Å². The molecule has 1 fully saturated rings. The molecule has 1 heterocycles. The fraction of sp³-hybridized carbons (Fsp3) is 0.368. The lowest BCUT2D eigenvalue weighted by Crippen LogP contribution is -2.35. The lowest BCUT2D eigenvalue weighted by molar-refractivity contribution is -0.141. The average Bonchev–Trinajstić information content (AvgIpc) is 3.45. The summed E-state index contributed by atoms with van der Waals surface area (Å²) in [4.78, 5) is 17.6. The molecule has 1 aliphatic rings. The molecule has 2 aromatic rings. The Bertz CT molecular complexity index is 856. The minimum absolute atomic E-state index is 0.0428. The first kappa shape index (κ1) is 20.2. The van der Waals surface area contributed by atoms with Crippen molar-refractivity contribution >= 4 is 5.91 Å². The van der Waals surface area contributed by atoms with Gasteiger partial charge < -0.3 is 4.90 Å². The second kappa shape index (κ2) is 7.10. The summed E-state index contributed by atoms with van der Waals surface area (Å²) in [6, 6.07) is 5.60. The molecule has 1 amide bonds. The second-order valence-corrected chi connectivity index (χ2v) is 6.67. The van der Waals surface area contributed by atoms with Gasteiger partial charge in [-0.3, -0.25) is 9.78 Å².